The average molecular weight is 347 g/mol. The van der Waals surface area contributed by atoms with Gasteiger partial charge in [0.2, 0.25) is 5.91 Å². The Kier molecular flexibility index (Phi) is 5.00. The van der Waals surface area contributed by atoms with Crippen molar-refractivity contribution in [3.05, 3.63) is 48.5 Å². The Morgan fingerprint density at radius 3 is 2.58 bits per heavy atom. The van der Waals surface area contributed by atoms with Crippen molar-refractivity contribution >= 4 is 22.6 Å². The van der Waals surface area contributed by atoms with E-state index in [0.717, 1.165) is 40.4 Å². The number of rotatable bonds is 5. The van der Waals surface area contributed by atoms with Crippen molar-refractivity contribution in [2.75, 3.05) is 5.32 Å². The van der Waals surface area contributed by atoms with Gasteiger partial charge in [-0.25, -0.2) is 4.98 Å². The molecule has 0 aliphatic heterocycles. The summed E-state index contributed by atoms with van der Waals surface area (Å²) in [6, 6.07) is 15.9. The monoisotopic (exact) mass is 347 g/mol. The van der Waals surface area contributed by atoms with Crippen LogP contribution >= 0.6 is 0 Å². The lowest BCUT2D eigenvalue weighted by Gasteiger charge is -2.21. The van der Waals surface area contributed by atoms with Gasteiger partial charge in [0, 0.05) is 17.7 Å². The van der Waals surface area contributed by atoms with Gasteiger partial charge >= 0.3 is 0 Å². The highest BCUT2D eigenvalue weighted by molar-refractivity contribution is 5.91. The lowest BCUT2D eigenvalue weighted by atomic mass is 9.86. The van der Waals surface area contributed by atoms with Crippen molar-refractivity contribution in [3.8, 4) is 11.4 Å². The minimum atomic E-state index is 0.118. The molecular formula is C22H25N3O. The first-order chi connectivity index (χ1) is 12.8. The van der Waals surface area contributed by atoms with Crippen molar-refractivity contribution in [1.82, 2.24) is 9.97 Å². The molecule has 2 N–H and O–H groups in total. The van der Waals surface area contributed by atoms with E-state index in [1.54, 1.807) is 0 Å². The Balaban J connectivity index is 1.35. The van der Waals surface area contributed by atoms with Gasteiger partial charge in [-0.3, -0.25) is 4.79 Å². The number of carbonyl (C=O) groups excluding carboxylic acids is 1. The predicted octanol–water partition coefficient (Wildman–Crippen LogP) is 5.53. The number of aromatic nitrogens is 2. The minimum absolute atomic E-state index is 0.118. The van der Waals surface area contributed by atoms with Gasteiger partial charge in [0.15, 0.2) is 0 Å². The molecule has 0 saturated heterocycles. The Morgan fingerprint density at radius 1 is 1.04 bits per heavy atom. The normalized spacial score (nSPS) is 15.2. The smallest absolute Gasteiger partial charge is 0.224 e. The van der Waals surface area contributed by atoms with E-state index >= 15 is 0 Å². The van der Waals surface area contributed by atoms with E-state index < -0.39 is 0 Å². The molecule has 1 aliphatic rings. The number of amides is 1. The maximum Gasteiger partial charge on any atom is 0.224 e. The highest BCUT2D eigenvalue weighted by Gasteiger charge is 2.15. The van der Waals surface area contributed by atoms with E-state index in [1.165, 1.54) is 32.1 Å². The molecule has 0 spiro atoms. The molecule has 0 radical (unpaired) electrons. The average Bonchev–Trinajstić information content (AvgIpc) is 3.12. The maximum absolute atomic E-state index is 12.2. The highest BCUT2D eigenvalue weighted by Crippen LogP contribution is 2.27. The second-order valence-corrected chi connectivity index (χ2v) is 7.27. The number of imidazole rings is 1. The van der Waals surface area contributed by atoms with Crippen molar-refractivity contribution in [3.63, 3.8) is 0 Å². The van der Waals surface area contributed by atoms with E-state index in [0.29, 0.717) is 6.42 Å². The molecule has 1 fully saturated rings. The van der Waals surface area contributed by atoms with Gasteiger partial charge in [-0.15, -0.1) is 0 Å². The number of benzene rings is 2. The largest absolute Gasteiger partial charge is 0.338 e. The first-order valence-electron chi connectivity index (χ1n) is 9.63. The molecule has 1 heterocycles. The third kappa shape index (κ3) is 3.96. The third-order valence-electron chi connectivity index (χ3n) is 5.34. The van der Waals surface area contributed by atoms with Crippen LogP contribution in [0.4, 0.5) is 5.69 Å². The summed E-state index contributed by atoms with van der Waals surface area (Å²) in [6.07, 6.45) is 8.24. The van der Waals surface area contributed by atoms with Gasteiger partial charge < -0.3 is 10.3 Å². The van der Waals surface area contributed by atoms with Crippen molar-refractivity contribution in [1.29, 1.82) is 0 Å². The second kappa shape index (κ2) is 7.73. The molecule has 0 unspecified atom stereocenters. The number of H-pyrrole nitrogens is 1. The standard InChI is InChI=1S/C22H25N3O/c26-21(15-10-16-6-2-1-3-7-16)23-18-13-11-17(12-14-18)22-24-19-8-4-5-9-20(19)25-22/h4-5,8-9,11-14,16H,1-3,6-7,10,15H2,(H,23,26)(H,24,25). The Bertz CT molecular complexity index is 843. The van der Waals surface area contributed by atoms with Crippen LogP contribution < -0.4 is 5.32 Å². The number of nitrogens with zero attached hydrogens (tertiary/aromatic N) is 1. The Labute approximate surface area is 154 Å². The number of hydrogen-bond donors (Lipinski definition) is 2. The van der Waals surface area contributed by atoms with E-state index in [9.17, 15) is 4.79 Å². The zero-order valence-corrected chi connectivity index (χ0v) is 15.0. The third-order valence-corrected chi connectivity index (χ3v) is 5.34. The topological polar surface area (TPSA) is 57.8 Å². The molecule has 4 nitrogen and oxygen atoms in total. The van der Waals surface area contributed by atoms with Crippen LogP contribution in [0.2, 0.25) is 0 Å². The second-order valence-electron chi connectivity index (χ2n) is 7.27. The maximum atomic E-state index is 12.2. The Hall–Kier alpha value is -2.62. The van der Waals surface area contributed by atoms with Crippen LogP contribution in [0, 0.1) is 5.92 Å². The van der Waals surface area contributed by atoms with E-state index in [4.69, 9.17) is 0 Å². The fourth-order valence-corrected chi connectivity index (χ4v) is 3.84. The molecule has 4 rings (SSSR count). The Morgan fingerprint density at radius 2 is 1.81 bits per heavy atom. The summed E-state index contributed by atoms with van der Waals surface area (Å²) in [5, 5.41) is 3.02. The van der Waals surface area contributed by atoms with Gasteiger partial charge in [0.05, 0.1) is 11.0 Å². The number of fused-ring (bicyclic) bond motifs is 1. The molecule has 2 aromatic carbocycles. The summed E-state index contributed by atoms with van der Waals surface area (Å²) < 4.78 is 0. The number of hydrogen-bond acceptors (Lipinski definition) is 2. The van der Waals surface area contributed by atoms with Crippen LogP contribution in [0.1, 0.15) is 44.9 Å². The molecule has 26 heavy (non-hydrogen) atoms. The van der Waals surface area contributed by atoms with Gasteiger partial charge in [-0.2, -0.15) is 0 Å². The molecule has 3 aromatic rings. The summed E-state index contributed by atoms with van der Waals surface area (Å²) in [5.41, 5.74) is 3.85. The number of anilines is 1. The molecular weight excluding hydrogens is 322 g/mol. The number of aromatic amines is 1. The molecule has 1 aromatic heterocycles. The summed E-state index contributed by atoms with van der Waals surface area (Å²) >= 11 is 0. The van der Waals surface area contributed by atoms with E-state index in [2.05, 4.69) is 15.3 Å². The van der Waals surface area contributed by atoms with E-state index in [1.807, 2.05) is 48.5 Å². The lowest BCUT2D eigenvalue weighted by molar-refractivity contribution is -0.116. The van der Waals surface area contributed by atoms with Crippen LogP contribution in [-0.4, -0.2) is 15.9 Å². The summed E-state index contributed by atoms with van der Waals surface area (Å²) in [5.74, 6) is 1.71. The molecule has 0 atom stereocenters. The van der Waals surface area contributed by atoms with Crippen molar-refractivity contribution in [2.45, 2.75) is 44.9 Å². The molecule has 1 saturated carbocycles. The van der Waals surface area contributed by atoms with Gasteiger partial charge in [-0.1, -0.05) is 44.2 Å². The van der Waals surface area contributed by atoms with Crippen LogP contribution in [0.3, 0.4) is 0 Å². The van der Waals surface area contributed by atoms with Crippen LogP contribution in [0.15, 0.2) is 48.5 Å². The number of carbonyl (C=O) groups is 1. The fourth-order valence-electron chi connectivity index (χ4n) is 3.84. The molecule has 4 heteroatoms. The lowest BCUT2D eigenvalue weighted by Crippen LogP contribution is -2.14. The highest BCUT2D eigenvalue weighted by atomic mass is 16.1. The van der Waals surface area contributed by atoms with Crippen LogP contribution in [-0.2, 0) is 4.79 Å². The zero-order valence-electron chi connectivity index (χ0n) is 15.0. The van der Waals surface area contributed by atoms with Gasteiger partial charge in [-0.05, 0) is 48.7 Å². The quantitative estimate of drug-likeness (QED) is 0.637. The van der Waals surface area contributed by atoms with Crippen LogP contribution in [0.25, 0.3) is 22.4 Å². The molecule has 1 amide bonds. The summed E-state index contributed by atoms with van der Waals surface area (Å²) in [7, 11) is 0. The molecule has 1 aliphatic carbocycles. The zero-order chi connectivity index (χ0) is 17.8. The molecule has 134 valence electrons. The number of nitrogens with one attached hydrogen (secondary N) is 2. The first-order valence-corrected chi connectivity index (χ1v) is 9.63. The predicted molar refractivity (Wildman–Crippen MR) is 106 cm³/mol. The van der Waals surface area contributed by atoms with Gasteiger partial charge in [0.1, 0.15) is 5.82 Å². The van der Waals surface area contributed by atoms with Crippen LogP contribution in [0.5, 0.6) is 0 Å². The summed E-state index contributed by atoms with van der Waals surface area (Å²) in [4.78, 5) is 20.1. The minimum Gasteiger partial charge on any atom is -0.338 e. The molecule has 0 bridgehead atoms. The SMILES string of the molecule is O=C(CCC1CCCCC1)Nc1ccc(-c2nc3ccccc3[nH]2)cc1. The van der Waals surface area contributed by atoms with Gasteiger partial charge in [0.25, 0.3) is 0 Å². The van der Waals surface area contributed by atoms with Crippen molar-refractivity contribution in [2.24, 2.45) is 5.92 Å². The number of para-hydroxylation sites is 2. The van der Waals surface area contributed by atoms with E-state index in [-0.39, 0.29) is 5.91 Å². The van der Waals surface area contributed by atoms with Crippen molar-refractivity contribution < 1.29 is 4.79 Å². The fraction of sp³-hybridized carbons (Fsp3) is 0.364. The summed E-state index contributed by atoms with van der Waals surface area (Å²) in [6.45, 7) is 0. The first kappa shape index (κ1) is 16.8.